The molecule has 0 spiro atoms. The lowest BCUT2D eigenvalue weighted by Gasteiger charge is -2.15. The van der Waals surface area contributed by atoms with Crippen LogP contribution in [0, 0.1) is 0 Å². The number of carbonyl (C=O) groups is 1. The van der Waals surface area contributed by atoms with E-state index in [9.17, 15) is 4.79 Å². The van der Waals surface area contributed by atoms with Gasteiger partial charge in [-0.3, -0.25) is 4.79 Å². The molecule has 1 heterocycles. The van der Waals surface area contributed by atoms with Crippen molar-refractivity contribution in [3.8, 4) is 0 Å². The average Bonchev–Trinajstić information content (AvgIpc) is 2.52. The number of rotatable bonds is 5. The Morgan fingerprint density at radius 1 is 1.64 bits per heavy atom. The van der Waals surface area contributed by atoms with Crippen molar-refractivity contribution in [2.45, 2.75) is 38.8 Å². The van der Waals surface area contributed by atoms with E-state index in [0.717, 1.165) is 13.0 Å². The van der Waals surface area contributed by atoms with Gasteiger partial charge in [-0.1, -0.05) is 0 Å². The van der Waals surface area contributed by atoms with Crippen LogP contribution < -0.4 is 5.32 Å². The third-order valence-corrected chi connectivity index (χ3v) is 2.42. The summed E-state index contributed by atoms with van der Waals surface area (Å²) in [5.74, 6) is -0.133. The molecule has 0 aromatic heterocycles. The maximum absolute atomic E-state index is 11.0. The van der Waals surface area contributed by atoms with Crippen molar-refractivity contribution in [3.05, 3.63) is 0 Å². The van der Waals surface area contributed by atoms with Crippen molar-refractivity contribution in [1.29, 1.82) is 0 Å². The largest absolute Gasteiger partial charge is 0.466 e. The van der Waals surface area contributed by atoms with E-state index in [2.05, 4.69) is 12.2 Å². The number of carbonyl (C=O) groups excluding carboxylic acids is 1. The van der Waals surface area contributed by atoms with Crippen LogP contribution in [0.1, 0.15) is 26.7 Å². The third kappa shape index (κ3) is 3.64. The second kappa shape index (κ2) is 5.98. The Bertz CT molecular complexity index is 184. The highest BCUT2D eigenvalue weighted by atomic mass is 16.5. The molecule has 1 rings (SSSR count). The molecule has 2 atom stereocenters. The van der Waals surface area contributed by atoms with Crippen LogP contribution in [0.4, 0.5) is 0 Å². The first-order valence-electron chi connectivity index (χ1n) is 5.24. The second-order valence-corrected chi connectivity index (χ2v) is 3.48. The molecule has 1 aliphatic heterocycles. The molecule has 2 unspecified atom stereocenters. The molecule has 0 bridgehead atoms. The van der Waals surface area contributed by atoms with Crippen molar-refractivity contribution >= 4 is 5.97 Å². The summed E-state index contributed by atoms with van der Waals surface area (Å²) in [5, 5.41) is 3.29. The highest BCUT2D eigenvalue weighted by Gasteiger charge is 2.23. The van der Waals surface area contributed by atoms with E-state index in [1.807, 2.05) is 6.92 Å². The summed E-state index contributed by atoms with van der Waals surface area (Å²) in [6.45, 7) is 5.82. The smallest absolute Gasteiger partial charge is 0.307 e. The van der Waals surface area contributed by atoms with Gasteiger partial charge in [-0.15, -0.1) is 0 Å². The van der Waals surface area contributed by atoms with Gasteiger partial charge in [0.15, 0.2) is 0 Å². The molecule has 14 heavy (non-hydrogen) atoms. The van der Waals surface area contributed by atoms with Gasteiger partial charge in [-0.2, -0.15) is 0 Å². The van der Waals surface area contributed by atoms with Crippen LogP contribution in [-0.4, -0.2) is 37.9 Å². The van der Waals surface area contributed by atoms with Crippen molar-refractivity contribution in [2.24, 2.45) is 0 Å². The van der Waals surface area contributed by atoms with Gasteiger partial charge in [-0.05, 0) is 20.3 Å². The lowest BCUT2D eigenvalue weighted by molar-refractivity contribution is -0.143. The zero-order chi connectivity index (χ0) is 10.4. The van der Waals surface area contributed by atoms with E-state index in [1.165, 1.54) is 0 Å². The summed E-state index contributed by atoms with van der Waals surface area (Å²) in [6.07, 6.45) is 1.73. The summed E-state index contributed by atoms with van der Waals surface area (Å²) in [4.78, 5) is 11.0. The lowest BCUT2D eigenvalue weighted by Crippen LogP contribution is -2.36. The maximum Gasteiger partial charge on any atom is 0.307 e. The van der Waals surface area contributed by atoms with Crippen molar-refractivity contribution in [1.82, 2.24) is 5.32 Å². The first kappa shape index (κ1) is 11.5. The molecule has 1 aliphatic rings. The Balaban J connectivity index is 2.06. The maximum atomic E-state index is 11.0. The van der Waals surface area contributed by atoms with Gasteiger partial charge in [0.2, 0.25) is 0 Å². The van der Waals surface area contributed by atoms with Gasteiger partial charge in [0.1, 0.15) is 0 Å². The van der Waals surface area contributed by atoms with E-state index in [4.69, 9.17) is 9.47 Å². The molecule has 0 amide bonds. The van der Waals surface area contributed by atoms with Crippen molar-refractivity contribution < 1.29 is 14.3 Å². The lowest BCUT2D eigenvalue weighted by atomic mass is 10.1. The molecule has 0 aliphatic carbocycles. The van der Waals surface area contributed by atoms with E-state index < -0.39 is 0 Å². The highest BCUT2D eigenvalue weighted by molar-refractivity contribution is 5.69. The highest BCUT2D eigenvalue weighted by Crippen LogP contribution is 2.12. The van der Waals surface area contributed by atoms with Crippen LogP contribution in [0.15, 0.2) is 0 Å². The summed E-state index contributed by atoms with van der Waals surface area (Å²) >= 11 is 0. The topological polar surface area (TPSA) is 47.6 Å². The first-order chi connectivity index (χ1) is 6.74. The fraction of sp³-hybridized carbons (Fsp3) is 0.900. The standard InChI is InChI=1S/C10H19NO3/c1-3-13-10(12)4-6-11-9-5-7-14-8(9)2/h8-9,11H,3-7H2,1-2H3. The van der Waals surface area contributed by atoms with E-state index in [-0.39, 0.29) is 12.1 Å². The molecule has 0 aromatic rings. The van der Waals surface area contributed by atoms with E-state index in [1.54, 1.807) is 0 Å². The predicted molar refractivity (Wildman–Crippen MR) is 53.1 cm³/mol. The summed E-state index contributed by atoms with van der Waals surface area (Å²) in [5.41, 5.74) is 0. The molecular weight excluding hydrogens is 182 g/mol. The van der Waals surface area contributed by atoms with Crippen LogP contribution in [0.2, 0.25) is 0 Å². The molecule has 4 nitrogen and oxygen atoms in total. The molecule has 1 saturated heterocycles. The van der Waals surface area contributed by atoms with Crippen molar-refractivity contribution in [3.63, 3.8) is 0 Å². The molecule has 0 aromatic carbocycles. The van der Waals surface area contributed by atoms with Gasteiger partial charge < -0.3 is 14.8 Å². The molecule has 0 saturated carbocycles. The van der Waals surface area contributed by atoms with Gasteiger partial charge in [0, 0.05) is 19.2 Å². The number of ether oxygens (including phenoxy) is 2. The summed E-state index contributed by atoms with van der Waals surface area (Å²) < 4.78 is 10.2. The SMILES string of the molecule is CCOC(=O)CCNC1CCOC1C. The quantitative estimate of drug-likeness (QED) is 0.665. The van der Waals surface area contributed by atoms with Crippen LogP contribution >= 0.6 is 0 Å². The van der Waals surface area contributed by atoms with Gasteiger partial charge >= 0.3 is 5.97 Å². The molecule has 0 radical (unpaired) electrons. The first-order valence-corrected chi connectivity index (χ1v) is 5.24. The van der Waals surface area contributed by atoms with Gasteiger partial charge in [-0.25, -0.2) is 0 Å². The fourth-order valence-corrected chi connectivity index (χ4v) is 1.59. The Morgan fingerprint density at radius 2 is 2.43 bits per heavy atom. The summed E-state index contributed by atoms with van der Waals surface area (Å²) in [6, 6.07) is 0.393. The van der Waals surface area contributed by atoms with E-state index >= 15 is 0 Å². The molecule has 4 heteroatoms. The minimum absolute atomic E-state index is 0.133. The monoisotopic (exact) mass is 201 g/mol. The summed E-state index contributed by atoms with van der Waals surface area (Å²) in [7, 11) is 0. The minimum atomic E-state index is -0.133. The third-order valence-electron chi connectivity index (χ3n) is 2.42. The Morgan fingerprint density at radius 3 is 3.00 bits per heavy atom. The Kier molecular flexibility index (Phi) is 4.90. The zero-order valence-corrected chi connectivity index (χ0v) is 8.91. The normalized spacial score (nSPS) is 26.4. The molecule has 1 N–H and O–H groups in total. The Hall–Kier alpha value is -0.610. The van der Waals surface area contributed by atoms with Crippen LogP contribution in [0.5, 0.6) is 0 Å². The molecular formula is C10H19NO3. The number of hydrogen-bond donors (Lipinski definition) is 1. The Labute approximate surface area is 85.0 Å². The predicted octanol–water partition coefficient (Wildman–Crippen LogP) is 0.707. The van der Waals surface area contributed by atoms with Crippen LogP contribution in [0.3, 0.4) is 0 Å². The zero-order valence-electron chi connectivity index (χ0n) is 8.91. The minimum Gasteiger partial charge on any atom is -0.466 e. The molecule has 82 valence electrons. The second-order valence-electron chi connectivity index (χ2n) is 3.48. The van der Waals surface area contributed by atoms with E-state index in [0.29, 0.717) is 25.6 Å². The van der Waals surface area contributed by atoms with Gasteiger partial charge in [0.05, 0.1) is 19.1 Å². The fourth-order valence-electron chi connectivity index (χ4n) is 1.59. The van der Waals surface area contributed by atoms with Gasteiger partial charge in [0.25, 0.3) is 0 Å². The van der Waals surface area contributed by atoms with Crippen LogP contribution in [0.25, 0.3) is 0 Å². The van der Waals surface area contributed by atoms with Crippen molar-refractivity contribution in [2.75, 3.05) is 19.8 Å². The average molecular weight is 201 g/mol. The number of esters is 1. The number of hydrogen-bond acceptors (Lipinski definition) is 4. The van der Waals surface area contributed by atoms with Crippen LogP contribution in [-0.2, 0) is 14.3 Å². The number of nitrogens with one attached hydrogen (secondary N) is 1. The molecule has 1 fully saturated rings.